The molecule has 2 nitrogen and oxygen atoms in total. The van der Waals surface area contributed by atoms with Crippen molar-refractivity contribution in [1.29, 1.82) is 0 Å². The van der Waals surface area contributed by atoms with E-state index in [2.05, 4.69) is 49.2 Å². The number of hydrogen-bond donors (Lipinski definition) is 1. The zero-order valence-corrected chi connectivity index (χ0v) is 16.4. The van der Waals surface area contributed by atoms with Gasteiger partial charge in [-0.15, -0.1) is 0 Å². The maximum atomic E-state index is 6.44. The molecule has 0 aliphatic rings. The number of aromatic nitrogens is 2. The zero-order valence-electron chi connectivity index (χ0n) is 14.9. The van der Waals surface area contributed by atoms with Crippen LogP contribution in [0.1, 0.15) is 50.2 Å². The van der Waals surface area contributed by atoms with E-state index in [9.17, 15) is 0 Å². The number of halogens is 2. The summed E-state index contributed by atoms with van der Waals surface area (Å²) in [6.45, 7) is 4.40. The van der Waals surface area contributed by atoms with Crippen LogP contribution in [0.5, 0.6) is 0 Å². The second kappa shape index (κ2) is 8.25. The maximum Gasteiger partial charge on any atom is 0.260 e. The van der Waals surface area contributed by atoms with Crippen molar-refractivity contribution >= 4 is 34.0 Å². The third-order valence-corrected chi connectivity index (χ3v) is 5.56. The van der Waals surface area contributed by atoms with Crippen molar-refractivity contribution in [1.82, 2.24) is 4.98 Å². The summed E-state index contributed by atoms with van der Waals surface area (Å²) < 4.78 is 1.98. The number of rotatable bonds is 7. The highest BCUT2D eigenvalue weighted by Gasteiger charge is 2.22. The van der Waals surface area contributed by atoms with Crippen LogP contribution in [-0.4, -0.2) is 4.98 Å². The predicted octanol–water partition coefficient (Wildman–Crippen LogP) is 6.57. The summed E-state index contributed by atoms with van der Waals surface area (Å²) in [4.78, 5) is 3.02. The van der Waals surface area contributed by atoms with Gasteiger partial charge in [-0.05, 0) is 65.4 Å². The lowest BCUT2D eigenvalue weighted by atomic mass is 9.94. The Balaban J connectivity index is 2.06. The first-order chi connectivity index (χ1) is 12.1. The quantitative estimate of drug-likeness (QED) is 0.355. The summed E-state index contributed by atoms with van der Waals surface area (Å²) in [6.07, 6.45) is 9.25. The molecule has 1 heterocycles. The summed E-state index contributed by atoms with van der Waals surface area (Å²) in [7, 11) is 0. The van der Waals surface area contributed by atoms with Crippen LogP contribution in [0.2, 0.25) is 10.3 Å². The molecule has 0 saturated heterocycles. The van der Waals surface area contributed by atoms with Crippen LogP contribution in [0.3, 0.4) is 0 Å². The van der Waals surface area contributed by atoms with Crippen LogP contribution in [-0.2, 0) is 6.42 Å². The number of nitrogens with one attached hydrogen (secondary N) is 1. The van der Waals surface area contributed by atoms with Gasteiger partial charge in [-0.1, -0.05) is 56.9 Å². The predicted molar refractivity (Wildman–Crippen MR) is 107 cm³/mol. The van der Waals surface area contributed by atoms with E-state index in [4.69, 9.17) is 23.2 Å². The van der Waals surface area contributed by atoms with Gasteiger partial charge in [0, 0.05) is 5.56 Å². The zero-order chi connectivity index (χ0) is 17.8. The van der Waals surface area contributed by atoms with Crippen LogP contribution in [0.15, 0.2) is 36.7 Å². The standard InChI is InChI=1S/C21H24Cl2N2/c1-3-4-5-6-7-12-18-17-11-9-8-10-16(17)13-15(2)19(18)25-14-24-20(22)21(25)23/h8-11,13-14H,3-7,12H2,1-2H3/p+1. The first kappa shape index (κ1) is 18.3. The topological polar surface area (TPSA) is 19.7 Å². The smallest absolute Gasteiger partial charge is 0.232 e. The van der Waals surface area contributed by atoms with Crippen LogP contribution >= 0.6 is 23.2 Å². The molecule has 4 heteroatoms. The number of hydrogen-bond acceptors (Lipinski definition) is 0. The monoisotopic (exact) mass is 375 g/mol. The van der Waals surface area contributed by atoms with Crippen molar-refractivity contribution in [3.05, 3.63) is 58.1 Å². The van der Waals surface area contributed by atoms with E-state index in [1.54, 1.807) is 0 Å². The molecule has 3 aromatic rings. The molecule has 1 N–H and O–H groups in total. The molecule has 2 aromatic carbocycles. The molecule has 0 bridgehead atoms. The van der Waals surface area contributed by atoms with E-state index >= 15 is 0 Å². The lowest BCUT2D eigenvalue weighted by Crippen LogP contribution is -2.32. The Morgan fingerprint density at radius 1 is 1.04 bits per heavy atom. The normalized spacial score (nSPS) is 11.4. The summed E-state index contributed by atoms with van der Waals surface area (Å²) in [5.41, 5.74) is 3.72. The second-order valence-corrected chi connectivity index (χ2v) is 7.39. The third-order valence-electron chi connectivity index (χ3n) is 4.80. The Bertz CT molecular complexity index is 868. The molecule has 3 rings (SSSR count). The summed E-state index contributed by atoms with van der Waals surface area (Å²) in [5.74, 6) is 0. The lowest BCUT2D eigenvalue weighted by molar-refractivity contribution is -0.592. The van der Waals surface area contributed by atoms with Gasteiger partial charge in [0.2, 0.25) is 6.33 Å². The van der Waals surface area contributed by atoms with Crippen molar-refractivity contribution in [2.24, 2.45) is 0 Å². The Morgan fingerprint density at radius 3 is 2.52 bits per heavy atom. The Morgan fingerprint density at radius 2 is 1.80 bits per heavy atom. The van der Waals surface area contributed by atoms with E-state index in [1.165, 1.54) is 54.0 Å². The minimum atomic E-state index is 0.475. The molecule has 0 amide bonds. The van der Waals surface area contributed by atoms with E-state index in [0.717, 1.165) is 12.1 Å². The fourth-order valence-electron chi connectivity index (χ4n) is 3.56. The maximum absolute atomic E-state index is 6.44. The highest BCUT2D eigenvalue weighted by Crippen LogP contribution is 2.29. The largest absolute Gasteiger partial charge is 0.260 e. The molecule has 132 valence electrons. The molecule has 0 fully saturated rings. The van der Waals surface area contributed by atoms with Crippen molar-refractivity contribution in [3.63, 3.8) is 0 Å². The average Bonchev–Trinajstić information content (AvgIpc) is 2.93. The molecular weight excluding hydrogens is 351 g/mol. The van der Waals surface area contributed by atoms with Crippen LogP contribution in [0.25, 0.3) is 16.5 Å². The van der Waals surface area contributed by atoms with Crippen molar-refractivity contribution in [2.75, 3.05) is 0 Å². The van der Waals surface area contributed by atoms with Gasteiger partial charge in [-0.2, -0.15) is 4.57 Å². The minimum absolute atomic E-state index is 0.475. The van der Waals surface area contributed by atoms with Crippen LogP contribution in [0.4, 0.5) is 0 Å². The molecule has 0 aliphatic heterocycles. The third kappa shape index (κ3) is 3.86. The highest BCUT2D eigenvalue weighted by atomic mass is 35.5. The van der Waals surface area contributed by atoms with E-state index < -0.39 is 0 Å². The number of imidazole rings is 1. The molecule has 0 spiro atoms. The van der Waals surface area contributed by atoms with E-state index in [1.807, 2.05) is 10.9 Å². The summed E-state index contributed by atoms with van der Waals surface area (Å²) >= 11 is 12.6. The van der Waals surface area contributed by atoms with E-state index in [-0.39, 0.29) is 0 Å². The molecule has 0 aliphatic carbocycles. The van der Waals surface area contributed by atoms with Crippen LogP contribution in [0, 0.1) is 6.92 Å². The number of nitrogens with zero attached hydrogens (tertiary/aromatic N) is 1. The van der Waals surface area contributed by atoms with Gasteiger partial charge in [0.1, 0.15) is 5.69 Å². The summed E-state index contributed by atoms with van der Waals surface area (Å²) in [6, 6.07) is 10.8. The Kier molecular flexibility index (Phi) is 6.03. The SMILES string of the molecule is CCCCCCCc1c(-[n+]2c[nH]c(Cl)c2Cl)c(C)cc2ccccc12. The number of aryl methyl sites for hydroxylation is 2. The van der Waals surface area contributed by atoms with Gasteiger partial charge >= 0.3 is 0 Å². The Hall–Kier alpha value is -1.51. The number of unbranched alkanes of at least 4 members (excludes halogenated alkanes) is 4. The molecule has 25 heavy (non-hydrogen) atoms. The lowest BCUT2D eigenvalue weighted by Gasteiger charge is -2.14. The molecule has 0 radical (unpaired) electrons. The van der Waals surface area contributed by atoms with Crippen LogP contribution < -0.4 is 4.57 Å². The molecule has 1 aromatic heterocycles. The number of benzene rings is 2. The van der Waals surface area contributed by atoms with Gasteiger partial charge in [0.05, 0.1) is 0 Å². The van der Waals surface area contributed by atoms with Gasteiger partial charge in [-0.25, -0.2) is 4.98 Å². The highest BCUT2D eigenvalue weighted by molar-refractivity contribution is 6.39. The molecule has 0 unspecified atom stereocenters. The first-order valence-corrected chi connectivity index (χ1v) is 9.84. The minimum Gasteiger partial charge on any atom is -0.232 e. The number of fused-ring (bicyclic) bond motifs is 1. The van der Waals surface area contributed by atoms with Crippen molar-refractivity contribution in [2.45, 2.75) is 52.4 Å². The fourth-order valence-corrected chi connectivity index (χ4v) is 3.89. The summed E-state index contributed by atoms with van der Waals surface area (Å²) in [5, 5.41) is 3.60. The van der Waals surface area contributed by atoms with Gasteiger partial charge in [0.25, 0.3) is 10.3 Å². The fraction of sp³-hybridized carbons (Fsp3) is 0.381. The Labute approximate surface area is 159 Å². The number of aromatic amines is 1. The second-order valence-electron chi connectivity index (χ2n) is 6.65. The van der Waals surface area contributed by atoms with Gasteiger partial charge in [0.15, 0.2) is 0 Å². The van der Waals surface area contributed by atoms with Crippen molar-refractivity contribution < 1.29 is 4.57 Å². The van der Waals surface area contributed by atoms with Gasteiger partial charge < -0.3 is 0 Å². The number of H-pyrrole nitrogens is 1. The van der Waals surface area contributed by atoms with Gasteiger partial charge in [-0.3, -0.25) is 0 Å². The average molecular weight is 376 g/mol. The molecule has 0 atom stereocenters. The first-order valence-electron chi connectivity index (χ1n) is 9.09. The van der Waals surface area contributed by atoms with Crippen molar-refractivity contribution in [3.8, 4) is 5.69 Å². The molecule has 0 saturated carbocycles. The van der Waals surface area contributed by atoms with E-state index in [0.29, 0.717) is 10.3 Å². The molecular formula is C21H25Cl2N2+.